The van der Waals surface area contributed by atoms with E-state index in [4.69, 9.17) is 13.9 Å². The second-order valence-electron chi connectivity index (χ2n) is 9.61. The fourth-order valence-corrected chi connectivity index (χ4v) is 4.56. The third-order valence-electron chi connectivity index (χ3n) is 6.83. The first-order chi connectivity index (χ1) is 17.5. The number of nitrogens with zero attached hydrogens (tertiary/aromatic N) is 3. The standard InChI is InChI=1S/C25H33N5O6/c1-13-21(18-8-15-9-20(27-10-19(15)36-18)35-12-14-3-4-14)24(30-25(28-13)26-5-6-34-2)29-17-7-16(11-31)22(32)23(17)33/h8-10,14,16-17,22-23,31-33H,3-7,11-12H2,1-2H3,(H2,26,28,29,30)/t16-,17-,22-,23+/m1/s1. The molecule has 2 fully saturated rings. The summed E-state index contributed by atoms with van der Waals surface area (Å²) in [6.07, 6.45) is 2.36. The maximum absolute atomic E-state index is 10.6. The summed E-state index contributed by atoms with van der Waals surface area (Å²) in [5.74, 6) is 2.16. The number of hydrogen-bond acceptors (Lipinski definition) is 11. The Balaban J connectivity index is 1.47. The van der Waals surface area contributed by atoms with Crippen LogP contribution in [0.1, 0.15) is 25.0 Å². The molecule has 2 saturated carbocycles. The van der Waals surface area contributed by atoms with Gasteiger partial charge < -0.3 is 39.8 Å². The Morgan fingerprint density at radius 3 is 2.72 bits per heavy atom. The van der Waals surface area contributed by atoms with Gasteiger partial charge in [-0.25, -0.2) is 9.97 Å². The number of furan rings is 1. The molecule has 0 aliphatic heterocycles. The van der Waals surface area contributed by atoms with Gasteiger partial charge in [0.1, 0.15) is 17.7 Å². The van der Waals surface area contributed by atoms with Gasteiger partial charge in [-0.05, 0) is 38.2 Å². The van der Waals surface area contributed by atoms with E-state index in [1.807, 2.05) is 19.1 Å². The molecule has 5 rings (SSSR count). The minimum absolute atomic E-state index is 0.211. The third kappa shape index (κ3) is 5.24. The Morgan fingerprint density at radius 1 is 1.17 bits per heavy atom. The number of hydrogen-bond donors (Lipinski definition) is 5. The van der Waals surface area contributed by atoms with E-state index in [1.54, 1.807) is 13.3 Å². The molecule has 0 saturated heterocycles. The number of methoxy groups -OCH3 is 1. The summed E-state index contributed by atoms with van der Waals surface area (Å²) >= 11 is 0. The number of aryl methyl sites for hydroxylation is 1. The number of aliphatic hydroxyl groups is 3. The molecule has 0 spiro atoms. The van der Waals surface area contributed by atoms with Crippen LogP contribution >= 0.6 is 0 Å². The highest BCUT2D eigenvalue weighted by atomic mass is 16.5. The summed E-state index contributed by atoms with van der Waals surface area (Å²) in [7, 11) is 1.62. The summed E-state index contributed by atoms with van der Waals surface area (Å²) in [6, 6.07) is 3.25. The molecule has 3 aromatic rings. The van der Waals surface area contributed by atoms with E-state index in [1.165, 1.54) is 12.8 Å². The van der Waals surface area contributed by atoms with Crippen molar-refractivity contribution < 1.29 is 29.2 Å². The average molecular weight is 500 g/mol. The SMILES string of the molecule is COCCNc1nc(C)c(-c2cc3cc(OCC4CC4)ncc3o2)c(N[C@@H]2C[C@H](CO)[C@@H](O)[C@H]2O)n1. The van der Waals surface area contributed by atoms with Crippen LogP contribution in [0.25, 0.3) is 22.3 Å². The molecule has 36 heavy (non-hydrogen) atoms. The zero-order valence-corrected chi connectivity index (χ0v) is 20.5. The number of ether oxygens (including phenoxy) is 2. The summed E-state index contributed by atoms with van der Waals surface area (Å²) in [5, 5.41) is 37.7. The highest BCUT2D eigenvalue weighted by Gasteiger charge is 2.41. The second kappa shape index (κ2) is 10.6. The van der Waals surface area contributed by atoms with Crippen LogP contribution in [0, 0.1) is 18.8 Å². The van der Waals surface area contributed by atoms with E-state index in [9.17, 15) is 15.3 Å². The van der Waals surface area contributed by atoms with Gasteiger partial charge in [0, 0.05) is 37.6 Å². The fraction of sp³-hybridized carbons (Fsp3) is 0.560. The van der Waals surface area contributed by atoms with Crippen LogP contribution in [0.3, 0.4) is 0 Å². The Morgan fingerprint density at radius 2 is 2.00 bits per heavy atom. The van der Waals surface area contributed by atoms with Crippen molar-refractivity contribution in [3.8, 4) is 17.2 Å². The van der Waals surface area contributed by atoms with E-state index in [-0.39, 0.29) is 6.61 Å². The maximum Gasteiger partial charge on any atom is 0.224 e. The van der Waals surface area contributed by atoms with E-state index < -0.39 is 24.2 Å². The lowest BCUT2D eigenvalue weighted by Crippen LogP contribution is -2.35. The van der Waals surface area contributed by atoms with Gasteiger partial charge in [-0.3, -0.25) is 0 Å². The number of fused-ring (bicyclic) bond motifs is 1. The van der Waals surface area contributed by atoms with Gasteiger partial charge in [0.25, 0.3) is 0 Å². The van der Waals surface area contributed by atoms with Crippen molar-refractivity contribution in [1.29, 1.82) is 0 Å². The molecule has 0 bridgehead atoms. The minimum atomic E-state index is -1.05. The first kappa shape index (κ1) is 24.7. The quantitative estimate of drug-likeness (QED) is 0.246. The Hall–Kier alpha value is -2.99. The maximum atomic E-state index is 10.6. The average Bonchev–Trinajstić information content (AvgIpc) is 3.55. The molecule has 0 amide bonds. The van der Waals surface area contributed by atoms with Gasteiger partial charge in [0.15, 0.2) is 5.58 Å². The van der Waals surface area contributed by atoms with Crippen LogP contribution in [0.4, 0.5) is 11.8 Å². The van der Waals surface area contributed by atoms with Gasteiger partial charge in [-0.15, -0.1) is 0 Å². The van der Waals surface area contributed by atoms with Gasteiger partial charge >= 0.3 is 0 Å². The third-order valence-corrected chi connectivity index (χ3v) is 6.83. The lowest BCUT2D eigenvalue weighted by atomic mass is 10.1. The lowest BCUT2D eigenvalue weighted by molar-refractivity contribution is 0.00446. The summed E-state index contributed by atoms with van der Waals surface area (Å²) in [6.45, 7) is 3.33. The van der Waals surface area contributed by atoms with Crippen LogP contribution in [-0.4, -0.2) is 82.0 Å². The van der Waals surface area contributed by atoms with Crippen LogP contribution in [-0.2, 0) is 4.74 Å². The minimum Gasteiger partial charge on any atom is -0.477 e. The molecule has 194 valence electrons. The normalized spacial score (nSPS) is 23.8. The van der Waals surface area contributed by atoms with E-state index >= 15 is 0 Å². The molecule has 0 unspecified atom stereocenters. The molecule has 2 aliphatic rings. The molecule has 3 heterocycles. The molecule has 5 N–H and O–H groups in total. The lowest BCUT2D eigenvalue weighted by Gasteiger charge is -2.21. The van der Waals surface area contributed by atoms with E-state index in [0.29, 0.717) is 72.3 Å². The molecular weight excluding hydrogens is 466 g/mol. The van der Waals surface area contributed by atoms with E-state index in [2.05, 4.69) is 25.6 Å². The summed E-state index contributed by atoms with van der Waals surface area (Å²) in [5.41, 5.74) is 1.91. The molecule has 11 heteroatoms. The molecule has 11 nitrogen and oxygen atoms in total. The molecule has 3 aromatic heterocycles. The number of aromatic nitrogens is 3. The Labute approximate surface area is 208 Å². The first-order valence-electron chi connectivity index (χ1n) is 12.3. The van der Waals surface area contributed by atoms with Gasteiger partial charge in [0.2, 0.25) is 11.8 Å². The van der Waals surface area contributed by atoms with Gasteiger partial charge in [0.05, 0.1) is 42.8 Å². The molecule has 0 radical (unpaired) electrons. The first-order valence-corrected chi connectivity index (χ1v) is 12.3. The van der Waals surface area contributed by atoms with Crippen molar-refractivity contribution in [2.45, 2.75) is 44.4 Å². The van der Waals surface area contributed by atoms with Crippen molar-refractivity contribution in [3.05, 3.63) is 24.0 Å². The van der Waals surface area contributed by atoms with E-state index in [0.717, 1.165) is 5.39 Å². The number of nitrogens with one attached hydrogen (secondary N) is 2. The summed E-state index contributed by atoms with van der Waals surface area (Å²) < 4.78 is 17.0. The molecule has 2 aliphatic carbocycles. The highest BCUT2D eigenvalue weighted by molar-refractivity contribution is 5.86. The fourth-order valence-electron chi connectivity index (χ4n) is 4.56. The van der Waals surface area contributed by atoms with Crippen molar-refractivity contribution in [1.82, 2.24) is 15.0 Å². The number of rotatable bonds is 11. The smallest absolute Gasteiger partial charge is 0.224 e. The predicted octanol–water partition coefficient (Wildman–Crippen LogP) is 1.95. The van der Waals surface area contributed by atoms with Crippen molar-refractivity contribution in [2.24, 2.45) is 11.8 Å². The van der Waals surface area contributed by atoms with Crippen LogP contribution < -0.4 is 15.4 Å². The number of pyridine rings is 1. The zero-order valence-electron chi connectivity index (χ0n) is 20.5. The van der Waals surface area contributed by atoms with Gasteiger partial charge in [-0.1, -0.05) is 0 Å². The molecular formula is C25H33N5O6. The van der Waals surface area contributed by atoms with Gasteiger partial charge in [-0.2, -0.15) is 4.98 Å². The van der Waals surface area contributed by atoms with Crippen LogP contribution in [0.2, 0.25) is 0 Å². The number of aliphatic hydroxyl groups excluding tert-OH is 3. The monoisotopic (exact) mass is 499 g/mol. The largest absolute Gasteiger partial charge is 0.477 e. The second-order valence-corrected chi connectivity index (χ2v) is 9.61. The molecule has 4 atom stereocenters. The number of anilines is 2. The van der Waals surface area contributed by atoms with Crippen molar-refractivity contribution >= 4 is 22.7 Å². The molecule has 0 aromatic carbocycles. The topological polar surface area (TPSA) is 155 Å². The van der Waals surface area contributed by atoms with Crippen LogP contribution in [0.15, 0.2) is 22.7 Å². The Bertz CT molecular complexity index is 1200. The predicted molar refractivity (Wildman–Crippen MR) is 133 cm³/mol. The Kier molecular flexibility index (Phi) is 7.24. The van der Waals surface area contributed by atoms with Crippen LogP contribution in [0.5, 0.6) is 5.88 Å². The van der Waals surface area contributed by atoms with Crippen molar-refractivity contribution in [3.63, 3.8) is 0 Å². The summed E-state index contributed by atoms with van der Waals surface area (Å²) in [4.78, 5) is 13.6. The highest BCUT2D eigenvalue weighted by Crippen LogP contribution is 2.37. The zero-order chi connectivity index (χ0) is 25.2. The van der Waals surface area contributed by atoms with Crippen molar-refractivity contribution in [2.75, 3.05) is 44.1 Å².